The predicted molar refractivity (Wildman–Crippen MR) is 96.1 cm³/mol. The van der Waals surface area contributed by atoms with Crippen LogP contribution in [-0.2, 0) is 0 Å². The molecule has 1 heterocycles. The Kier molecular flexibility index (Phi) is 5.53. The Morgan fingerprint density at radius 3 is 2.56 bits per heavy atom. The molecule has 0 saturated heterocycles. The van der Waals surface area contributed by atoms with Gasteiger partial charge in [-0.1, -0.05) is 18.2 Å². The molecule has 3 rings (SSSR count). The zero-order valence-corrected chi connectivity index (χ0v) is 14.7. The first-order valence-electron chi connectivity index (χ1n) is 8.69. The van der Waals surface area contributed by atoms with E-state index < -0.39 is 0 Å². The maximum absolute atomic E-state index is 12.5. The van der Waals surface area contributed by atoms with Crippen molar-refractivity contribution in [3.8, 4) is 11.6 Å². The van der Waals surface area contributed by atoms with Gasteiger partial charge in [-0.25, -0.2) is 4.98 Å². The lowest BCUT2D eigenvalue weighted by molar-refractivity contribution is 0.0887. The summed E-state index contributed by atoms with van der Waals surface area (Å²) in [7, 11) is 1.58. The molecule has 1 aliphatic rings. The summed E-state index contributed by atoms with van der Waals surface area (Å²) in [5.74, 6) is 1.19. The topological polar surface area (TPSA) is 60.5 Å². The highest BCUT2D eigenvalue weighted by atomic mass is 16.5. The van der Waals surface area contributed by atoms with E-state index in [4.69, 9.17) is 9.47 Å². The van der Waals surface area contributed by atoms with Gasteiger partial charge in [0.25, 0.3) is 5.91 Å². The van der Waals surface area contributed by atoms with Gasteiger partial charge in [0.1, 0.15) is 11.9 Å². The first-order valence-corrected chi connectivity index (χ1v) is 8.69. The molecule has 1 saturated carbocycles. The highest BCUT2D eigenvalue weighted by Crippen LogP contribution is 2.24. The molecule has 1 N–H and O–H groups in total. The van der Waals surface area contributed by atoms with Crippen LogP contribution in [0.5, 0.6) is 11.6 Å². The summed E-state index contributed by atoms with van der Waals surface area (Å²) < 4.78 is 11.2. The molecule has 5 nitrogen and oxygen atoms in total. The fourth-order valence-electron chi connectivity index (χ4n) is 3.12. The van der Waals surface area contributed by atoms with Gasteiger partial charge in [0.2, 0.25) is 5.88 Å². The smallest absolute Gasteiger partial charge is 0.255 e. The van der Waals surface area contributed by atoms with Gasteiger partial charge in [-0.15, -0.1) is 0 Å². The van der Waals surface area contributed by atoms with Crippen molar-refractivity contribution in [2.45, 2.75) is 44.8 Å². The van der Waals surface area contributed by atoms with Crippen LogP contribution in [0.15, 0.2) is 42.6 Å². The Hall–Kier alpha value is -2.56. The van der Waals surface area contributed by atoms with E-state index in [0.717, 1.165) is 31.2 Å². The monoisotopic (exact) mass is 340 g/mol. The van der Waals surface area contributed by atoms with Crippen LogP contribution in [0.1, 0.15) is 41.6 Å². The molecule has 1 aromatic heterocycles. The van der Waals surface area contributed by atoms with Gasteiger partial charge in [-0.2, -0.15) is 0 Å². The zero-order valence-electron chi connectivity index (χ0n) is 14.7. The van der Waals surface area contributed by atoms with Gasteiger partial charge < -0.3 is 14.8 Å². The summed E-state index contributed by atoms with van der Waals surface area (Å²) in [6.07, 6.45) is 5.59. The molecule has 25 heavy (non-hydrogen) atoms. The normalized spacial score (nSPS) is 19.9. The number of hydrogen-bond donors (Lipinski definition) is 1. The lowest BCUT2D eigenvalue weighted by Crippen LogP contribution is -2.39. The van der Waals surface area contributed by atoms with Crippen LogP contribution < -0.4 is 14.8 Å². The van der Waals surface area contributed by atoms with Gasteiger partial charge in [-0.05, 0) is 50.3 Å². The van der Waals surface area contributed by atoms with Crippen LogP contribution in [0, 0.1) is 6.92 Å². The largest absolute Gasteiger partial charge is 0.496 e. The summed E-state index contributed by atoms with van der Waals surface area (Å²) in [4.78, 5) is 16.8. The highest BCUT2D eigenvalue weighted by Gasteiger charge is 2.25. The molecular weight excluding hydrogens is 316 g/mol. The fraction of sp³-hybridized carbons (Fsp3) is 0.400. The SMILES string of the molecule is COc1ccccc1C(=O)NC1CCC(Oc2ccc(C)cn2)CC1. The van der Waals surface area contributed by atoms with E-state index in [9.17, 15) is 4.79 Å². The van der Waals surface area contributed by atoms with Gasteiger partial charge in [0, 0.05) is 18.3 Å². The number of carbonyl (C=O) groups is 1. The number of aromatic nitrogens is 1. The maximum atomic E-state index is 12.5. The van der Waals surface area contributed by atoms with Crippen LogP contribution >= 0.6 is 0 Å². The zero-order chi connectivity index (χ0) is 17.6. The number of ether oxygens (including phenoxy) is 2. The molecule has 1 amide bonds. The molecule has 2 aromatic rings. The molecule has 132 valence electrons. The fourth-order valence-corrected chi connectivity index (χ4v) is 3.12. The van der Waals surface area contributed by atoms with E-state index in [1.165, 1.54) is 0 Å². The first-order chi connectivity index (χ1) is 12.2. The number of nitrogens with one attached hydrogen (secondary N) is 1. The van der Waals surface area contributed by atoms with Gasteiger partial charge >= 0.3 is 0 Å². The third-order valence-corrected chi connectivity index (χ3v) is 4.53. The minimum absolute atomic E-state index is 0.0815. The molecular formula is C20H24N2O3. The molecule has 1 fully saturated rings. The lowest BCUT2D eigenvalue weighted by atomic mass is 9.92. The van der Waals surface area contributed by atoms with Crippen molar-refractivity contribution in [3.63, 3.8) is 0 Å². The molecule has 1 aromatic carbocycles. The number of rotatable bonds is 5. The molecule has 1 aliphatic carbocycles. The minimum atomic E-state index is -0.0815. The van der Waals surface area contributed by atoms with E-state index in [-0.39, 0.29) is 18.1 Å². The van der Waals surface area contributed by atoms with Crippen LogP contribution in [-0.4, -0.2) is 30.1 Å². The number of aryl methyl sites for hydroxylation is 1. The molecule has 0 bridgehead atoms. The Morgan fingerprint density at radius 2 is 1.88 bits per heavy atom. The number of hydrogen-bond acceptors (Lipinski definition) is 4. The van der Waals surface area contributed by atoms with Crippen molar-refractivity contribution in [1.82, 2.24) is 10.3 Å². The number of nitrogens with zero attached hydrogens (tertiary/aromatic N) is 1. The number of carbonyl (C=O) groups excluding carboxylic acids is 1. The van der Waals surface area contributed by atoms with Crippen LogP contribution in [0.3, 0.4) is 0 Å². The first kappa shape index (κ1) is 17.3. The van der Waals surface area contributed by atoms with Crippen molar-refractivity contribution in [2.75, 3.05) is 7.11 Å². The minimum Gasteiger partial charge on any atom is -0.496 e. The van der Waals surface area contributed by atoms with Gasteiger partial charge in [0.05, 0.1) is 12.7 Å². The summed E-state index contributed by atoms with van der Waals surface area (Å²) in [6, 6.07) is 11.4. The summed E-state index contributed by atoms with van der Waals surface area (Å²) in [6.45, 7) is 2.01. The van der Waals surface area contributed by atoms with Crippen molar-refractivity contribution < 1.29 is 14.3 Å². The Bertz CT molecular complexity index is 707. The quantitative estimate of drug-likeness (QED) is 0.905. The predicted octanol–water partition coefficient (Wildman–Crippen LogP) is 3.52. The number of amides is 1. The third-order valence-electron chi connectivity index (χ3n) is 4.53. The van der Waals surface area contributed by atoms with Crippen LogP contribution in [0.2, 0.25) is 0 Å². The Balaban J connectivity index is 1.50. The van der Waals surface area contributed by atoms with E-state index in [0.29, 0.717) is 17.2 Å². The highest BCUT2D eigenvalue weighted by molar-refractivity contribution is 5.97. The average Bonchev–Trinajstić information content (AvgIpc) is 2.65. The molecule has 0 aliphatic heterocycles. The summed E-state index contributed by atoms with van der Waals surface area (Å²) in [5, 5.41) is 3.11. The van der Waals surface area contributed by atoms with Crippen molar-refractivity contribution in [1.29, 1.82) is 0 Å². The molecule has 0 radical (unpaired) electrons. The number of methoxy groups -OCH3 is 1. The lowest BCUT2D eigenvalue weighted by Gasteiger charge is -2.29. The van der Waals surface area contributed by atoms with E-state index in [1.54, 1.807) is 19.2 Å². The second-order valence-electron chi connectivity index (χ2n) is 6.44. The standard InChI is InChI=1S/C20H24N2O3/c1-14-7-12-19(21-13-14)25-16-10-8-15(9-11-16)22-20(23)17-5-3-4-6-18(17)24-2/h3-7,12-13,15-16H,8-11H2,1-2H3,(H,22,23). The molecule has 0 atom stereocenters. The molecule has 0 unspecified atom stereocenters. The summed E-state index contributed by atoms with van der Waals surface area (Å²) in [5.41, 5.74) is 1.70. The van der Waals surface area contributed by atoms with Crippen molar-refractivity contribution >= 4 is 5.91 Å². The molecule has 0 spiro atoms. The second kappa shape index (κ2) is 8.01. The maximum Gasteiger partial charge on any atom is 0.255 e. The van der Waals surface area contributed by atoms with Gasteiger partial charge in [-0.3, -0.25) is 4.79 Å². The number of benzene rings is 1. The summed E-state index contributed by atoms with van der Waals surface area (Å²) >= 11 is 0. The number of pyridine rings is 1. The van der Waals surface area contributed by atoms with E-state index in [2.05, 4.69) is 10.3 Å². The van der Waals surface area contributed by atoms with Crippen molar-refractivity contribution in [3.05, 3.63) is 53.7 Å². The van der Waals surface area contributed by atoms with Crippen molar-refractivity contribution in [2.24, 2.45) is 0 Å². The Labute approximate surface area is 148 Å². The number of para-hydroxylation sites is 1. The van der Waals surface area contributed by atoms with Crippen LogP contribution in [0.25, 0.3) is 0 Å². The molecule has 5 heteroatoms. The van der Waals surface area contributed by atoms with Crippen LogP contribution in [0.4, 0.5) is 0 Å². The Morgan fingerprint density at radius 1 is 1.12 bits per heavy atom. The van der Waals surface area contributed by atoms with Gasteiger partial charge in [0.15, 0.2) is 0 Å². The average molecular weight is 340 g/mol. The second-order valence-corrected chi connectivity index (χ2v) is 6.44. The van der Waals surface area contributed by atoms with E-state index in [1.807, 2.05) is 37.4 Å². The van der Waals surface area contributed by atoms with E-state index >= 15 is 0 Å². The third kappa shape index (κ3) is 4.50.